The molecule has 6 nitrogen and oxygen atoms in total. The van der Waals surface area contributed by atoms with E-state index in [0.717, 1.165) is 0 Å². The Bertz CT molecular complexity index is 307. The van der Waals surface area contributed by atoms with Crippen LogP contribution in [0.2, 0.25) is 0 Å². The van der Waals surface area contributed by atoms with Crippen molar-refractivity contribution in [2.45, 2.75) is 50.7 Å². The van der Waals surface area contributed by atoms with Gasteiger partial charge in [-0.25, -0.2) is 0 Å². The van der Waals surface area contributed by atoms with E-state index in [1.54, 1.807) is 7.11 Å². The van der Waals surface area contributed by atoms with Gasteiger partial charge >= 0.3 is 8.03 Å². The molecule has 2 fully saturated rings. The Morgan fingerprint density at radius 1 is 1.35 bits per heavy atom. The standard InChI is InChI=1S/C10H17O6P/c1-10(2)15-7-6(4-5-17(11)12)14-9(13-3)8(7)16-10/h6-9H,4-5H2,1-3H3/p+1/t6-,7-,8-,9-/m1/s1. The van der Waals surface area contributed by atoms with Crippen LogP contribution in [0.25, 0.3) is 0 Å². The first-order chi connectivity index (χ1) is 7.93. The number of ether oxygens (including phenoxy) is 4. The van der Waals surface area contributed by atoms with Crippen molar-refractivity contribution in [2.75, 3.05) is 13.3 Å². The summed E-state index contributed by atoms with van der Waals surface area (Å²) in [5, 5.41) is 0. The molecule has 2 aliphatic heterocycles. The van der Waals surface area contributed by atoms with Crippen molar-refractivity contribution < 1.29 is 28.4 Å². The Morgan fingerprint density at radius 2 is 2.00 bits per heavy atom. The van der Waals surface area contributed by atoms with Gasteiger partial charge in [0, 0.05) is 13.5 Å². The zero-order valence-electron chi connectivity index (χ0n) is 10.2. The average Bonchev–Trinajstić information content (AvgIpc) is 2.68. The van der Waals surface area contributed by atoms with Crippen molar-refractivity contribution in [1.82, 2.24) is 0 Å². The van der Waals surface area contributed by atoms with Crippen LogP contribution in [0.3, 0.4) is 0 Å². The molecule has 0 aromatic heterocycles. The van der Waals surface area contributed by atoms with Crippen LogP contribution in [0, 0.1) is 0 Å². The summed E-state index contributed by atoms with van der Waals surface area (Å²) in [7, 11) is -0.597. The lowest BCUT2D eigenvalue weighted by atomic mass is 10.1. The predicted molar refractivity (Wildman–Crippen MR) is 58.8 cm³/mol. The van der Waals surface area contributed by atoms with E-state index in [2.05, 4.69) is 0 Å². The molecule has 7 heteroatoms. The van der Waals surface area contributed by atoms with Gasteiger partial charge in [-0.2, -0.15) is 4.89 Å². The minimum Gasteiger partial charge on any atom is -0.353 e. The maximum atomic E-state index is 10.7. The molecule has 2 aliphatic rings. The van der Waals surface area contributed by atoms with Gasteiger partial charge < -0.3 is 18.9 Å². The van der Waals surface area contributed by atoms with Crippen LogP contribution < -0.4 is 0 Å². The van der Waals surface area contributed by atoms with E-state index in [1.165, 1.54) is 0 Å². The lowest BCUT2D eigenvalue weighted by molar-refractivity contribution is -0.227. The van der Waals surface area contributed by atoms with Gasteiger partial charge in [0.25, 0.3) is 0 Å². The van der Waals surface area contributed by atoms with Gasteiger partial charge in [-0.1, -0.05) is 0 Å². The van der Waals surface area contributed by atoms with E-state index in [0.29, 0.717) is 6.42 Å². The van der Waals surface area contributed by atoms with Gasteiger partial charge in [0.2, 0.25) is 0 Å². The van der Waals surface area contributed by atoms with Gasteiger partial charge in [0.05, 0.1) is 6.10 Å². The zero-order chi connectivity index (χ0) is 12.6. The van der Waals surface area contributed by atoms with E-state index >= 15 is 0 Å². The number of hydrogen-bond donors (Lipinski definition) is 1. The average molecular weight is 265 g/mol. The second kappa shape index (κ2) is 4.88. The Kier molecular flexibility index (Phi) is 3.83. The highest BCUT2D eigenvalue weighted by atomic mass is 31.1. The molecule has 2 saturated heterocycles. The first-order valence-electron chi connectivity index (χ1n) is 5.60. The summed E-state index contributed by atoms with van der Waals surface area (Å²) >= 11 is 0. The quantitative estimate of drug-likeness (QED) is 0.764. The fraction of sp³-hybridized carbons (Fsp3) is 1.00. The van der Waals surface area contributed by atoms with E-state index in [1.807, 2.05) is 13.8 Å². The Morgan fingerprint density at radius 3 is 2.59 bits per heavy atom. The van der Waals surface area contributed by atoms with Crippen LogP contribution in [0.5, 0.6) is 0 Å². The molecule has 0 radical (unpaired) electrons. The summed E-state index contributed by atoms with van der Waals surface area (Å²) in [6.07, 6.45) is -0.557. The normalized spacial score (nSPS) is 40.4. The third-order valence-corrected chi connectivity index (χ3v) is 3.59. The minimum atomic E-state index is -2.14. The molecular formula is C10H18O6P+. The molecule has 2 heterocycles. The molecule has 17 heavy (non-hydrogen) atoms. The first kappa shape index (κ1) is 13.3. The van der Waals surface area contributed by atoms with E-state index in [9.17, 15) is 4.57 Å². The molecule has 0 aromatic rings. The molecule has 0 bridgehead atoms. The Labute approximate surface area is 101 Å². The smallest absolute Gasteiger partial charge is 0.353 e. The molecule has 0 aromatic carbocycles. The monoisotopic (exact) mass is 265 g/mol. The van der Waals surface area contributed by atoms with E-state index in [-0.39, 0.29) is 24.5 Å². The molecule has 1 N–H and O–H groups in total. The van der Waals surface area contributed by atoms with Gasteiger partial charge in [-0.05, 0) is 18.4 Å². The predicted octanol–water partition coefficient (Wildman–Crippen LogP) is 1.00. The third kappa shape index (κ3) is 2.84. The molecule has 0 aliphatic carbocycles. The van der Waals surface area contributed by atoms with Crippen LogP contribution in [-0.4, -0.2) is 48.6 Å². The van der Waals surface area contributed by atoms with E-state index < -0.39 is 20.1 Å². The molecule has 0 spiro atoms. The van der Waals surface area contributed by atoms with Crippen molar-refractivity contribution in [2.24, 2.45) is 0 Å². The van der Waals surface area contributed by atoms with Crippen LogP contribution in [0.4, 0.5) is 0 Å². The largest absolute Gasteiger partial charge is 0.505 e. The molecule has 0 saturated carbocycles. The van der Waals surface area contributed by atoms with Gasteiger partial charge in [-0.15, -0.1) is 0 Å². The molecule has 5 atom stereocenters. The first-order valence-corrected chi connectivity index (χ1v) is 7.00. The zero-order valence-corrected chi connectivity index (χ0v) is 11.1. The molecule has 2 rings (SSSR count). The summed E-state index contributed by atoms with van der Waals surface area (Å²) in [6.45, 7) is 3.67. The maximum absolute atomic E-state index is 10.7. The third-order valence-electron chi connectivity index (χ3n) is 2.94. The summed E-state index contributed by atoms with van der Waals surface area (Å²) in [4.78, 5) is 8.83. The van der Waals surface area contributed by atoms with Crippen LogP contribution in [0.1, 0.15) is 20.3 Å². The Balaban J connectivity index is 2.02. The van der Waals surface area contributed by atoms with Gasteiger partial charge in [0.15, 0.2) is 18.2 Å². The van der Waals surface area contributed by atoms with Crippen molar-refractivity contribution >= 4 is 8.03 Å². The van der Waals surface area contributed by atoms with Crippen LogP contribution >= 0.6 is 8.03 Å². The second-order valence-electron chi connectivity index (χ2n) is 4.71. The lowest BCUT2D eigenvalue weighted by Gasteiger charge is -2.22. The van der Waals surface area contributed by atoms with Gasteiger partial charge in [-0.3, -0.25) is 0 Å². The maximum Gasteiger partial charge on any atom is 0.505 e. The van der Waals surface area contributed by atoms with Crippen molar-refractivity contribution in [3.63, 3.8) is 0 Å². The van der Waals surface area contributed by atoms with Crippen LogP contribution in [0.15, 0.2) is 0 Å². The number of hydrogen-bond acceptors (Lipinski definition) is 5. The SMILES string of the molecule is CO[C@@H]1O[C@H](CC[P+](=O)O)[C@H]2OC(C)(C)O[C@@H]12. The number of methoxy groups -OCH3 is 1. The van der Waals surface area contributed by atoms with Crippen molar-refractivity contribution in [1.29, 1.82) is 0 Å². The topological polar surface area (TPSA) is 74.2 Å². The number of rotatable bonds is 4. The second-order valence-corrected chi connectivity index (χ2v) is 5.86. The number of fused-ring (bicyclic) bond motifs is 1. The molecular weight excluding hydrogens is 247 g/mol. The van der Waals surface area contributed by atoms with Crippen LogP contribution in [-0.2, 0) is 23.5 Å². The summed E-state index contributed by atoms with van der Waals surface area (Å²) in [5.74, 6) is -0.657. The van der Waals surface area contributed by atoms with Crippen molar-refractivity contribution in [3.8, 4) is 0 Å². The molecule has 98 valence electrons. The molecule has 1 unspecified atom stereocenters. The summed E-state index contributed by atoms with van der Waals surface area (Å²) in [5.41, 5.74) is 0. The van der Waals surface area contributed by atoms with Gasteiger partial charge in [0.1, 0.15) is 12.2 Å². The van der Waals surface area contributed by atoms with Crippen molar-refractivity contribution in [3.05, 3.63) is 0 Å². The highest BCUT2D eigenvalue weighted by Gasteiger charge is 2.55. The fourth-order valence-electron chi connectivity index (χ4n) is 2.30. The molecule has 0 amide bonds. The highest BCUT2D eigenvalue weighted by molar-refractivity contribution is 7.37. The fourth-order valence-corrected chi connectivity index (χ4v) is 2.78. The summed E-state index contributed by atoms with van der Waals surface area (Å²) in [6, 6.07) is 0. The lowest BCUT2D eigenvalue weighted by Crippen LogP contribution is -2.30. The van der Waals surface area contributed by atoms with E-state index in [4.69, 9.17) is 23.8 Å². The minimum absolute atomic E-state index is 0.198. The highest BCUT2D eigenvalue weighted by Crippen LogP contribution is 2.40. The Hall–Kier alpha value is -0.100. The summed E-state index contributed by atoms with van der Waals surface area (Å²) < 4.78 is 33.0.